The molecule has 0 amide bonds. The normalized spacial score (nSPS) is 25.4. The molecule has 1 aromatic rings. The van der Waals surface area contributed by atoms with Gasteiger partial charge in [-0.05, 0) is 31.5 Å². The summed E-state index contributed by atoms with van der Waals surface area (Å²) >= 11 is 0. The molecular weight excluding hydrogens is 290 g/mol. The quantitative estimate of drug-likeness (QED) is 0.849. The molecule has 0 aromatic carbocycles. The van der Waals surface area contributed by atoms with E-state index in [9.17, 15) is 9.90 Å². The van der Waals surface area contributed by atoms with Crippen molar-refractivity contribution < 1.29 is 5.11 Å². The van der Waals surface area contributed by atoms with Crippen molar-refractivity contribution in [3.63, 3.8) is 0 Å². The van der Waals surface area contributed by atoms with Crippen LogP contribution >= 0.6 is 0 Å². The fourth-order valence-corrected chi connectivity index (χ4v) is 4.28. The van der Waals surface area contributed by atoms with Crippen LogP contribution in [-0.4, -0.2) is 64.8 Å². The van der Waals surface area contributed by atoms with Crippen LogP contribution in [0, 0.1) is 5.92 Å². The number of fused-ring (bicyclic) bond motifs is 4. The molecule has 0 saturated carbocycles. The van der Waals surface area contributed by atoms with Gasteiger partial charge in [0.1, 0.15) is 0 Å². The Morgan fingerprint density at radius 3 is 2.78 bits per heavy atom. The number of likely N-dealkylation sites (N-methyl/N-ethyl adjacent to an activating group) is 1. The van der Waals surface area contributed by atoms with Gasteiger partial charge in [0.15, 0.2) is 0 Å². The third-order valence-corrected chi connectivity index (χ3v) is 5.39. The van der Waals surface area contributed by atoms with Crippen LogP contribution in [0.25, 0.3) is 0 Å². The maximum absolute atomic E-state index is 12.0. The summed E-state index contributed by atoms with van der Waals surface area (Å²) < 4.78 is 1.96. The number of aliphatic hydroxyl groups is 1. The van der Waals surface area contributed by atoms with Gasteiger partial charge in [-0.1, -0.05) is 19.9 Å². The molecule has 1 fully saturated rings. The SMILES string of the molecule is CCN(CC)C[C@H](O)CN1C[C@@H]2C[C@H](C1)c1cccc(=O)n1C2. The first-order chi connectivity index (χ1) is 11.1. The number of rotatable bonds is 6. The number of aliphatic hydroxyl groups excluding tert-OH is 1. The van der Waals surface area contributed by atoms with Crippen molar-refractivity contribution in [1.29, 1.82) is 0 Å². The predicted octanol–water partition coefficient (Wildman–Crippen LogP) is 0.970. The first-order valence-electron chi connectivity index (χ1n) is 8.93. The summed E-state index contributed by atoms with van der Waals surface area (Å²) in [4.78, 5) is 16.7. The summed E-state index contributed by atoms with van der Waals surface area (Å²) in [6.45, 7) is 10.5. The van der Waals surface area contributed by atoms with E-state index in [4.69, 9.17) is 0 Å². The molecular formula is C18H29N3O2. The highest BCUT2D eigenvalue weighted by molar-refractivity contribution is 5.16. The van der Waals surface area contributed by atoms with E-state index in [0.29, 0.717) is 11.8 Å². The highest BCUT2D eigenvalue weighted by atomic mass is 16.3. The summed E-state index contributed by atoms with van der Waals surface area (Å²) in [7, 11) is 0. The van der Waals surface area contributed by atoms with Crippen molar-refractivity contribution >= 4 is 0 Å². The molecule has 1 N–H and O–H groups in total. The molecule has 0 aliphatic carbocycles. The Bertz CT molecular complexity index is 582. The molecule has 0 radical (unpaired) electrons. The minimum Gasteiger partial charge on any atom is -0.390 e. The van der Waals surface area contributed by atoms with Gasteiger partial charge in [0.05, 0.1) is 6.10 Å². The van der Waals surface area contributed by atoms with Gasteiger partial charge in [0.25, 0.3) is 5.56 Å². The van der Waals surface area contributed by atoms with Crippen LogP contribution in [0.15, 0.2) is 23.0 Å². The number of aromatic nitrogens is 1. The summed E-state index contributed by atoms with van der Waals surface area (Å²) in [6.07, 6.45) is 0.873. The Balaban J connectivity index is 1.65. The molecule has 0 unspecified atom stereocenters. The number of hydrogen-bond donors (Lipinski definition) is 1. The number of likely N-dealkylation sites (tertiary alicyclic amines) is 1. The number of nitrogens with zero attached hydrogens (tertiary/aromatic N) is 3. The van der Waals surface area contributed by atoms with Crippen LogP contribution in [-0.2, 0) is 6.54 Å². The standard InChI is InChI=1S/C18H29N3O2/c1-3-19(4-2)12-16(22)13-20-9-14-8-15(11-20)17-6-5-7-18(23)21(17)10-14/h5-7,14-16,22H,3-4,8-13H2,1-2H3/t14-,15+,16-/m0/s1. The van der Waals surface area contributed by atoms with E-state index >= 15 is 0 Å². The topological polar surface area (TPSA) is 48.7 Å². The summed E-state index contributed by atoms with van der Waals surface area (Å²) in [5.74, 6) is 0.957. The van der Waals surface area contributed by atoms with Crippen molar-refractivity contribution in [1.82, 2.24) is 14.4 Å². The summed E-state index contributed by atoms with van der Waals surface area (Å²) in [5, 5.41) is 10.4. The van der Waals surface area contributed by atoms with E-state index in [1.807, 2.05) is 10.6 Å². The van der Waals surface area contributed by atoms with Gasteiger partial charge in [0, 0.05) is 50.4 Å². The highest BCUT2D eigenvalue weighted by Crippen LogP contribution is 2.34. The number of piperidine rings is 1. The fourth-order valence-electron chi connectivity index (χ4n) is 4.28. The van der Waals surface area contributed by atoms with E-state index in [-0.39, 0.29) is 11.7 Å². The predicted molar refractivity (Wildman–Crippen MR) is 91.8 cm³/mol. The minimum absolute atomic E-state index is 0.132. The molecule has 3 atom stereocenters. The lowest BCUT2D eigenvalue weighted by Crippen LogP contribution is -2.50. The van der Waals surface area contributed by atoms with E-state index in [2.05, 4.69) is 29.7 Å². The molecule has 128 valence electrons. The van der Waals surface area contributed by atoms with Crippen LogP contribution in [0.3, 0.4) is 0 Å². The third-order valence-electron chi connectivity index (χ3n) is 5.39. The van der Waals surface area contributed by atoms with Crippen LogP contribution in [0.5, 0.6) is 0 Å². The lowest BCUT2D eigenvalue weighted by Gasteiger charge is -2.43. The first-order valence-corrected chi connectivity index (χ1v) is 8.93. The van der Waals surface area contributed by atoms with E-state index in [1.165, 1.54) is 12.1 Å². The number of pyridine rings is 1. The molecule has 2 aliphatic heterocycles. The second-order valence-corrected chi connectivity index (χ2v) is 7.06. The van der Waals surface area contributed by atoms with E-state index < -0.39 is 0 Å². The van der Waals surface area contributed by atoms with Crippen LogP contribution in [0.1, 0.15) is 31.9 Å². The van der Waals surface area contributed by atoms with Crippen LogP contribution < -0.4 is 5.56 Å². The van der Waals surface area contributed by atoms with Crippen molar-refractivity contribution in [3.8, 4) is 0 Å². The van der Waals surface area contributed by atoms with Gasteiger partial charge >= 0.3 is 0 Å². The Kier molecular flexibility index (Phi) is 5.19. The molecule has 1 saturated heterocycles. The zero-order valence-corrected chi connectivity index (χ0v) is 14.3. The second-order valence-electron chi connectivity index (χ2n) is 7.06. The highest BCUT2D eigenvalue weighted by Gasteiger charge is 2.34. The average Bonchev–Trinajstić information content (AvgIpc) is 2.53. The van der Waals surface area contributed by atoms with Crippen molar-refractivity contribution in [3.05, 3.63) is 34.2 Å². The summed E-state index contributed by atoms with van der Waals surface area (Å²) in [6, 6.07) is 5.64. The number of hydrogen-bond acceptors (Lipinski definition) is 4. The molecule has 3 heterocycles. The molecule has 0 spiro atoms. The van der Waals surface area contributed by atoms with Gasteiger partial charge in [-0.25, -0.2) is 0 Å². The lowest BCUT2D eigenvalue weighted by molar-refractivity contribution is 0.0444. The summed E-state index contributed by atoms with van der Waals surface area (Å²) in [5.41, 5.74) is 1.31. The monoisotopic (exact) mass is 319 g/mol. The Morgan fingerprint density at radius 1 is 1.26 bits per heavy atom. The van der Waals surface area contributed by atoms with Crippen molar-refractivity contribution in [2.24, 2.45) is 5.92 Å². The Labute approximate surface area is 138 Å². The van der Waals surface area contributed by atoms with E-state index in [1.54, 1.807) is 6.07 Å². The van der Waals surface area contributed by atoms with Gasteiger partial charge < -0.3 is 14.6 Å². The molecule has 2 bridgehead atoms. The lowest BCUT2D eigenvalue weighted by atomic mass is 9.83. The maximum Gasteiger partial charge on any atom is 0.250 e. The molecule has 5 heteroatoms. The smallest absolute Gasteiger partial charge is 0.250 e. The zero-order chi connectivity index (χ0) is 16.4. The minimum atomic E-state index is -0.299. The molecule has 2 aliphatic rings. The van der Waals surface area contributed by atoms with E-state index in [0.717, 1.165) is 45.8 Å². The fraction of sp³-hybridized carbons (Fsp3) is 0.722. The molecule has 1 aromatic heterocycles. The maximum atomic E-state index is 12.0. The molecule has 3 rings (SSSR count). The second kappa shape index (κ2) is 7.16. The van der Waals surface area contributed by atoms with Gasteiger partial charge in [-0.2, -0.15) is 0 Å². The van der Waals surface area contributed by atoms with Gasteiger partial charge in [0.2, 0.25) is 0 Å². The Morgan fingerprint density at radius 2 is 2.04 bits per heavy atom. The Hall–Kier alpha value is -1.17. The molecule has 23 heavy (non-hydrogen) atoms. The van der Waals surface area contributed by atoms with Crippen molar-refractivity contribution in [2.45, 2.75) is 38.8 Å². The average molecular weight is 319 g/mol. The third kappa shape index (κ3) is 3.67. The first kappa shape index (κ1) is 16.7. The van der Waals surface area contributed by atoms with Crippen molar-refractivity contribution in [2.75, 3.05) is 39.3 Å². The largest absolute Gasteiger partial charge is 0.390 e. The number of β-amino-alcohol motifs (C(OH)–C–C–N with tert-alkyl or cyclic N) is 1. The van der Waals surface area contributed by atoms with Gasteiger partial charge in [-0.15, -0.1) is 0 Å². The zero-order valence-electron chi connectivity index (χ0n) is 14.3. The van der Waals surface area contributed by atoms with Crippen LogP contribution in [0.4, 0.5) is 0 Å². The van der Waals surface area contributed by atoms with Crippen LogP contribution in [0.2, 0.25) is 0 Å². The van der Waals surface area contributed by atoms with Gasteiger partial charge in [-0.3, -0.25) is 9.69 Å². The molecule has 5 nitrogen and oxygen atoms in total.